The van der Waals surface area contributed by atoms with Gasteiger partial charge in [-0.25, -0.2) is 9.59 Å². The van der Waals surface area contributed by atoms with Crippen molar-refractivity contribution in [3.8, 4) is 28.5 Å². The van der Waals surface area contributed by atoms with Gasteiger partial charge in [0, 0.05) is 5.56 Å². The number of ether oxygens (including phenoxy) is 1. The second kappa shape index (κ2) is 12.0. The number of nitrogens with one attached hydrogen (secondary N) is 1. The molecule has 0 radical (unpaired) electrons. The lowest BCUT2D eigenvalue weighted by atomic mass is 10.00. The molecule has 5 rings (SSSR count). The molecule has 1 fully saturated rings. The molecule has 0 aliphatic heterocycles. The molecule has 198 valence electrons. The average Bonchev–Trinajstić information content (AvgIpc) is 3.72. The maximum absolute atomic E-state index is 12.6. The van der Waals surface area contributed by atoms with E-state index < -0.39 is 18.4 Å². The van der Waals surface area contributed by atoms with E-state index in [1.165, 1.54) is 18.4 Å². The monoisotopic (exact) mass is 525 g/mol. The summed E-state index contributed by atoms with van der Waals surface area (Å²) in [5, 5.41) is 29.8. The van der Waals surface area contributed by atoms with E-state index in [4.69, 9.17) is 29.5 Å². The molecule has 39 heavy (non-hydrogen) atoms. The van der Waals surface area contributed by atoms with E-state index in [1.807, 2.05) is 24.3 Å². The number of aryl methyl sites for hydroxylation is 1. The summed E-state index contributed by atoms with van der Waals surface area (Å²) in [5.41, 5.74) is 6.89. The minimum absolute atomic E-state index is 0.476. The minimum Gasteiger partial charge on any atom is -0.450 e. The summed E-state index contributed by atoms with van der Waals surface area (Å²) in [5.74, 6) is 1.23. The SMILES string of the molecule is Cc1onc(-c2ccc(-c3ccc(C4CC4)cc3)cc2)c1NC(=O)O[C@H](C)c1ccc(C#N)cc1.O=C(O)O. The van der Waals surface area contributed by atoms with Gasteiger partial charge in [-0.2, -0.15) is 5.26 Å². The van der Waals surface area contributed by atoms with Crippen LogP contribution in [0, 0.1) is 18.3 Å². The van der Waals surface area contributed by atoms with E-state index in [0.717, 1.165) is 28.2 Å². The Morgan fingerprint density at radius 1 is 0.974 bits per heavy atom. The van der Waals surface area contributed by atoms with Gasteiger partial charge in [0.15, 0.2) is 5.76 Å². The molecule has 1 amide bonds. The fraction of sp³-hybridized carbons (Fsp3) is 0.200. The van der Waals surface area contributed by atoms with Crippen molar-refractivity contribution in [2.24, 2.45) is 0 Å². The predicted molar refractivity (Wildman–Crippen MR) is 144 cm³/mol. The largest absolute Gasteiger partial charge is 0.503 e. The molecule has 0 saturated heterocycles. The van der Waals surface area contributed by atoms with Crippen molar-refractivity contribution < 1.29 is 29.1 Å². The quantitative estimate of drug-likeness (QED) is 0.233. The number of anilines is 1. The highest BCUT2D eigenvalue weighted by molar-refractivity contribution is 5.91. The van der Waals surface area contributed by atoms with Crippen molar-refractivity contribution in [1.82, 2.24) is 5.16 Å². The zero-order valence-electron chi connectivity index (χ0n) is 21.4. The van der Waals surface area contributed by atoms with Gasteiger partial charge in [-0.15, -0.1) is 0 Å². The number of hydrogen-bond acceptors (Lipinski definition) is 6. The van der Waals surface area contributed by atoms with Crippen LogP contribution >= 0.6 is 0 Å². The summed E-state index contributed by atoms with van der Waals surface area (Å²) >= 11 is 0. The minimum atomic E-state index is -1.83. The van der Waals surface area contributed by atoms with Crippen LogP contribution in [0.1, 0.15) is 54.2 Å². The highest BCUT2D eigenvalue weighted by Crippen LogP contribution is 2.40. The lowest BCUT2D eigenvalue weighted by molar-refractivity contribution is 0.121. The Kier molecular flexibility index (Phi) is 8.27. The number of nitrogens with zero attached hydrogens (tertiary/aromatic N) is 2. The lowest BCUT2D eigenvalue weighted by Gasteiger charge is -2.14. The Bertz CT molecular complexity index is 1480. The van der Waals surface area contributed by atoms with E-state index in [0.29, 0.717) is 22.7 Å². The summed E-state index contributed by atoms with van der Waals surface area (Å²) in [6, 6.07) is 25.8. The number of benzene rings is 3. The first-order valence-corrected chi connectivity index (χ1v) is 12.3. The van der Waals surface area contributed by atoms with Gasteiger partial charge < -0.3 is 19.5 Å². The number of rotatable bonds is 6. The Labute approximate surface area is 225 Å². The predicted octanol–water partition coefficient (Wildman–Crippen LogP) is 7.60. The summed E-state index contributed by atoms with van der Waals surface area (Å²) in [4.78, 5) is 21.2. The molecule has 4 aromatic rings. The van der Waals surface area contributed by atoms with Crippen LogP contribution in [0.4, 0.5) is 15.3 Å². The van der Waals surface area contributed by atoms with Gasteiger partial charge >= 0.3 is 12.2 Å². The van der Waals surface area contributed by atoms with Gasteiger partial charge in [0.2, 0.25) is 0 Å². The van der Waals surface area contributed by atoms with Crippen LogP contribution in [0.25, 0.3) is 22.4 Å². The number of carbonyl (C=O) groups excluding carboxylic acids is 1. The molecule has 9 heteroatoms. The standard InChI is InChI=1S/C29H25N3O3.CH2O3/c1-18(21-5-3-20(17-30)4-6-21)34-29(33)31-27-19(2)35-32-28(27)26-15-13-25(14-16-26)24-11-9-23(10-12-24)22-7-8-22;2-1(3)4/h3-6,9-16,18,22H,7-8H2,1-2H3,(H,31,33);(H2,2,3,4)/t18-;/m1./s1. The zero-order valence-corrected chi connectivity index (χ0v) is 21.4. The van der Waals surface area contributed by atoms with Gasteiger partial charge in [0.05, 0.1) is 11.6 Å². The summed E-state index contributed by atoms with van der Waals surface area (Å²) in [6.45, 7) is 3.52. The molecular weight excluding hydrogens is 498 g/mol. The molecule has 1 aliphatic carbocycles. The first-order valence-electron chi connectivity index (χ1n) is 12.3. The fourth-order valence-corrected chi connectivity index (χ4v) is 4.09. The van der Waals surface area contributed by atoms with E-state index in [-0.39, 0.29) is 0 Å². The zero-order chi connectivity index (χ0) is 27.9. The molecule has 1 heterocycles. The topological polar surface area (TPSA) is 146 Å². The van der Waals surface area contributed by atoms with E-state index in [9.17, 15) is 4.79 Å². The van der Waals surface area contributed by atoms with Gasteiger partial charge in [0.25, 0.3) is 0 Å². The van der Waals surface area contributed by atoms with Crippen LogP contribution in [-0.2, 0) is 4.74 Å². The third kappa shape index (κ3) is 7.02. The first kappa shape index (κ1) is 26.9. The molecule has 9 nitrogen and oxygen atoms in total. The smallest absolute Gasteiger partial charge is 0.450 e. The van der Waals surface area contributed by atoms with Crippen LogP contribution in [0.2, 0.25) is 0 Å². The van der Waals surface area contributed by atoms with Crippen molar-refractivity contribution >= 4 is 17.9 Å². The average molecular weight is 526 g/mol. The molecule has 1 atom stereocenters. The Hall–Kier alpha value is -5.10. The normalized spacial score (nSPS) is 12.8. The van der Waals surface area contributed by atoms with Crippen LogP contribution in [-0.4, -0.2) is 27.6 Å². The number of hydrogen-bond donors (Lipinski definition) is 3. The third-order valence-electron chi connectivity index (χ3n) is 6.33. The van der Waals surface area contributed by atoms with Crippen molar-refractivity contribution in [1.29, 1.82) is 5.26 Å². The number of nitriles is 1. The molecule has 1 aromatic heterocycles. The van der Waals surface area contributed by atoms with Crippen molar-refractivity contribution in [3.05, 3.63) is 95.2 Å². The number of carbonyl (C=O) groups is 2. The fourth-order valence-electron chi connectivity index (χ4n) is 4.09. The number of aromatic nitrogens is 1. The second-order valence-electron chi connectivity index (χ2n) is 9.12. The molecule has 3 aromatic carbocycles. The molecule has 1 saturated carbocycles. The lowest BCUT2D eigenvalue weighted by Crippen LogP contribution is -2.16. The Morgan fingerprint density at radius 3 is 2.05 bits per heavy atom. The first-order chi connectivity index (χ1) is 18.7. The molecule has 0 bridgehead atoms. The van der Waals surface area contributed by atoms with E-state index in [2.05, 4.69) is 40.8 Å². The highest BCUT2D eigenvalue weighted by atomic mass is 16.6. The van der Waals surface area contributed by atoms with Crippen molar-refractivity contribution in [2.45, 2.75) is 38.7 Å². The maximum atomic E-state index is 12.6. The molecule has 0 unspecified atom stereocenters. The van der Waals surface area contributed by atoms with Crippen LogP contribution in [0.3, 0.4) is 0 Å². The molecule has 1 aliphatic rings. The summed E-state index contributed by atoms with van der Waals surface area (Å²) < 4.78 is 10.9. The van der Waals surface area contributed by atoms with Gasteiger partial charge in [0.1, 0.15) is 17.5 Å². The summed E-state index contributed by atoms with van der Waals surface area (Å²) in [6.07, 6.45) is -0.342. The van der Waals surface area contributed by atoms with Crippen molar-refractivity contribution in [3.63, 3.8) is 0 Å². The van der Waals surface area contributed by atoms with E-state index in [1.54, 1.807) is 38.1 Å². The second-order valence-corrected chi connectivity index (χ2v) is 9.12. The Balaban J connectivity index is 0.000000826. The number of carboxylic acid groups (broad SMARTS) is 2. The van der Waals surface area contributed by atoms with Crippen LogP contribution < -0.4 is 5.32 Å². The van der Waals surface area contributed by atoms with E-state index >= 15 is 0 Å². The molecular formula is C30H27N3O6. The maximum Gasteiger partial charge on any atom is 0.503 e. The highest BCUT2D eigenvalue weighted by Gasteiger charge is 2.23. The van der Waals surface area contributed by atoms with Gasteiger partial charge in [-0.3, -0.25) is 5.32 Å². The molecule has 0 spiro atoms. The summed E-state index contributed by atoms with van der Waals surface area (Å²) in [7, 11) is 0. The Morgan fingerprint density at radius 2 is 1.51 bits per heavy atom. The van der Waals surface area contributed by atoms with Gasteiger partial charge in [-0.1, -0.05) is 65.8 Å². The third-order valence-corrected chi connectivity index (χ3v) is 6.33. The number of amides is 1. The van der Waals surface area contributed by atoms with Crippen LogP contribution in [0.5, 0.6) is 0 Å². The van der Waals surface area contributed by atoms with Gasteiger partial charge in [-0.05, 0) is 67.0 Å². The van der Waals surface area contributed by atoms with Crippen LogP contribution in [0.15, 0.2) is 77.3 Å². The van der Waals surface area contributed by atoms with Crippen molar-refractivity contribution in [2.75, 3.05) is 5.32 Å². The molecule has 3 N–H and O–H groups in total.